The molecule has 0 heterocycles. The lowest BCUT2D eigenvalue weighted by molar-refractivity contribution is 0.00233. The van der Waals surface area contributed by atoms with Crippen LogP contribution in [0.15, 0.2) is 0 Å². The fraction of sp³-hybridized carbons (Fsp3) is 0.889. The van der Waals surface area contributed by atoms with Gasteiger partial charge in [-0.3, -0.25) is 5.32 Å². The SMILES string of the molecule is CC(NC(=O)OC(C)(C)C)OCCO. The van der Waals surface area contributed by atoms with E-state index in [4.69, 9.17) is 14.6 Å². The summed E-state index contributed by atoms with van der Waals surface area (Å²) in [6.45, 7) is 7.14. The molecule has 0 aromatic carbocycles. The van der Waals surface area contributed by atoms with Crippen molar-refractivity contribution in [3.63, 3.8) is 0 Å². The van der Waals surface area contributed by atoms with E-state index in [0.29, 0.717) is 0 Å². The summed E-state index contributed by atoms with van der Waals surface area (Å²) in [6, 6.07) is 0. The highest BCUT2D eigenvalue weighted by Crippen LogP contribution is 2.06. The molecule has 5 heteroatoms. The van der Waals surface area contributed by atoms with Gasteiger partial charge in [0.25, 0.3) is 0 Å². The molecule has 1 atom stereocenters. The predicted molar refractivity (Wildman–Crippen MR) is 51.9 cm³/mol. The van der Waals surface area contributed by atoms with Crippen LogP contribution in [0.3, 0.4) is 0 Å². The third-order valence-electron chi connectivity index (χ3n) is 1.18. The molecule has 0 fully saturated rings. The lowest BCUT2D eigenvalue weighted by Gasteiger charge is -2.21. The molecule has 2 N–H and O–H groups in total. The van der Waals surface area contributed by atoms with Crippen molar-refractivity contribution in [2.75, 3.05) is 13.2 Å². The Balaban J connectivity index is 3.71. The van der Waals surface area contributed by atoms with E-state index in [1.165, 1.54) is 0 Å². The lowest BCUT2D eigenvalue weighted by atomic mass is 10.2. The molecule has 0 rings (SSSR count). The Bertz CT molecular complexity index is 176. The molecule has 0 spiro atoms. The van der Waals surface area contributed by atoms with Crippen molar-refractivity contribution in [3.8, 4) is 0 Å². The van der Waals surface area contributed by atoms with Gasteiger partial charge in [0, 0.05) is 0 Å². The zero-order chi connectivity index (χ0) is 11.2. The van der Waals surface area contributed by atoms with E-state index >= 15 is 0 Å². The van der Waals surface area contributed by atoms with Gasteiger partial charge in [-0.15, -0.1) is 0 Å². The van der Waals surface area contributed by atoms with Gasteiger partial charge < -0.3 is 14.6 Å². The molecule has 0 radical (unpaired) electrons. The van der Waals surface area contributed by atoms with Crippen LogP contribution in [0, 0.1) is 0 Å². The Labute approximate surface area is 84.4 Å². The van der Waals surface area contributed by atoms with Gasteiger partial charge in [0.1, 0.15) is 11.8 Å². The number of ether oxygens (including phenoxy) is 2. The molecule has 5 nitrogen and oxygen atoms in total. The summed E-state index contributed by atoms with van der Waals surface area (Å²) in [6.07, 6.45) is -0.986. The molecule has 0 aliphatic rings. The van der Waals surface area contributed by atoms with Crippen LogP contribution in [-0.4, -0.2) is 36.2 Å². The van der Waals surface area contributed by atoms with E-state index in [2.05, 4.69) is 5.32 Å². The number of aliphatic hydroxyl groups excluding tert-OH is 1. The van der Waals surface area contributed by atoms with Crippen LogP contribution < -0.4 is 5.32 Å². The Morgan fingerprint density at radius 2 is 2.07 bits per heavy atom. The second kappa shape index (κ2) is 5.82. The van der Waals surface area contributed by atoms with Gasteiger partial charge in [-0.2, -0.15) is 0 Å². The maximum atomic E-state index is 11.2. The number of hydrogen-bond acceptors (Lipinski definition) is 4. The van der Waals surface area contributed by atoms with Gasteiger partial charge in [0.05, 0.1) is 13.2 Å². The van der Waals surface area contributed by atoms with E-state index in [1.807, 2.05) is 0 Å². The fourth-order valence-electron chi connectivity index (χ4n) is 0.745. The molecular formula is C9H19NO4. The van der Waals surface area contributed by atoms with Crippen molar-refractivity contribution in [1.82, 2.24) is 5.32 Å². The molecule has 1 unspecified atom stereocenters. The third-order valence-corrected chi connectivity index (χ3v) is 1.18. The van der Waals surface area contributed by atoms with E-state index in [0.717, 1.165) is 0 Å². The van der Waals surface area contributed by atoms with Crippen molar-refractivity contribution in [3.05, 3.63) is 0 Å². The van der Waals surface area contributed by atoms with Gasteiger partial charge in [-0.1, -0.05) is 0 Å². The summed E-state index contributed by atoms with van der Waals surface area (Å²) in [7, 11) is 0. The van der Waals surface area contributed by atoms with Gasteiger partial charge in [0.2, 0.25) is 0 Å². The molecule has 0 bridgehead atoms. The highest BCUT2D eigenvalue weighted by Gasteiger charge is 2.17. The number of carbonyl (C=O) groups is 1. The Kier molecular flexibility index (Phi) is 5.49. The number of nitrogens with one attached hydrogen (secondary N) is 1. The second-order valence-electron chi connectivity index (χ2n) is 3.88. The largest absolute Gasteiger partial charge is 0.444 e. The minimum absolute atomic E-state index is 0.0691. The summed E-state index contributed by atoms with van der Waals surface area (Å²) in [5.41, 5.74) is -0.513. The van der Waals surface area contributed by atoms with E-state index < -0.39 is 17.9 Å². The van der Waals surface area contributed by atoms with Crippen molar-refractivity contribution < 1.29 is 19.4 Å². The van der Waals surface area contributed by atoms with Crippen molar-refractivity contribution in [2.45, 2.75) is 39.5 Å². The first kappa shape index (κ1) is 13.2. The molecule has 0 aliphatic heterocycles. The molecule has 1 amide bonds. The number of rotatable bonds is 4. The zero-order valence-corrected chi connectivity index (χ0v) is 9.16. The normalized spacial score (nSPS) is 13.5. The van der Waals surface area contributed by atoms with Crippen molar-refractivity contribution in [2.24, 2.45) is 0 Å². The highest BCUT2D eigenvalue weighted by molar-refractivity contribution is 5.67. The summed E-state index contributed by atoms with van der Waals surface area (Å²) in [4.78, 5) is 11.2. The van der Waals surface area contributed by atoms with Gasteiger partial charge in [-0.25, -0.2) is 4.79 Å². The smallest absolute Gasteiger partial charge is 0.409 e. The van der Waals surface area contributed by atoms with Crippen LogP contribution in [0.25, 0.3) is 0 Å². The molecule has 0 aromatic heterocycles. The second-order valence-corrected chi connectivity index (χ2v) is 3.88. The standard InChI is InChI=1S/C9H19NO4/c1-7(13-6-5-11)10-8(12)14-9(2,3)4/h7,11H,5-6H2,1-4H3,(H,10,12). The monoisotopic (exact) mass is 205 g/mol. The van der Waals surface area contributed by atoms with E-state index in [9.17, 15) is 4.79 Å². The maximum absolute atomic E-state index is 11.2. The van der Waals surface area contributed by atoms with Crippen molar-refractivity contribution >= 4 is 6.09 Å². The van der Waals surface area contributed by atoms with Crippen LogP contribution in [0.4, 0.5) is 4.79 Å². The predicted octanol–water partition coefficient (Wildman–Crippen LogP) is 0.866. The maximum Gasteiger partial charge on any atom is 0.409 e. The molecule has 0 aromatic rings. The zero-order valence-electron chi connectivity index (χ0n) is 9.16. The third kappa shape index (κ3) is 7.82. The van der Waals surface area contributed by atoms with E-state index in [1.54, 1.807) is 27.7 Å². The summed E-state index contributed by atoms with van der Waals surface area (Å²) in [5, 5.41) is 10.9. The summed E-state index contributed by atoms with van der Waals surface area (Å²) < 4.78 is 10.0. The van der Waals surface area contributed by atoms with Crippen LogP contribution in [0.5, 0.6) is 0 Å². The van der Waals surface area contributed by atoms with Crippen LogP contribution in [-0.2, 0) is 9.47 Å². The van der Waals surface area contributed by atoms with Crippen LogP contribution in [0.1, 0.15) is 27.7 Å². The lowest BCUT2D eigenvalue weighted by Crippen LogP contribution is -2.39. The average Bonchev–Trinajstić information content (AvgIpc) is 1.96. The molecule has 0 aliphatic carbocycles. The molecule has 0 saturated carbocycles. The number of amides is 1. The summed E-state index contributed by atoms with van der Waals surface area (Å²) in [5.74, 6) is 0. The highest BCUT2D eigenvalue weighted by atomic mass is 16.6. The topological polar surface area (TPSA) is 67.8 Å². The Hall–Kier alpha value is -0.810. The molecule has 0 saturated heterocycles. The Morgan fingerprint density at radius 1 is 1.50 bits per heavy atom. The minimum Gasteiger partial charge on any atom is -0.444 e. The minimum atomic E-state index is -0.525. The first-order valence-electron chi connectivity index (χ1n) is 4.57. The molecule has 84 valence electrons. The van der Waals surface area contributed by atoms with Crippen molar-refractivity contribution in [1.29, 1.82) is 0 Å². The Morgan fingerprint density at radius 3 is 2.50 bits per heavy atom. The van der Waals surface area contributed by atoms with Crippen LogP contribution in [0.2, 0.25) is 0 Å². The first-order valence-corrected chi connectivity index (χ1v) is 4.57. The molecule has 14 heavy (non-hydrogen) atoms. The number of aliphatic hydroxyl groups is 1. The number of hydrogen-bond donors (Lipinski definition) is 2. The van der Waals surface area contributed by atoms with E-state index in [-0.39, 0.29) is 13.2 Å². The van der Waals surface area contributed by atoms with Gasteiger partial charge >= 0.3 is 6.09 Å². The number of carbonyl (C=O) groups excluding carboxylic acids is 1. The van der Waals surface area contributed by atoms with Gasteiger partial charge in [0.15, 0.2) is 0 Å². The average molecular weight is 205 g/mol. The first-order chi connectivity index (χ1) is 6.35. The van der Waals surface area contributed by atoms with Crippen LogP contribution >= 0.6 is 0 Å². The fourth-order valence-corrected chi connectivity index (χ4v) is 0.745. The van der Waals surface area contributed by atoms with Gasteiger partial charge in [-0.05, 0) is 27.7 Å². The quantitative estimate of drug-likeness (QED) is 0.668. The summed E-state index contributed by atoms with van der Waals surface area (Å²) >= 11 is 0. The molecular weight excluding hydrogens is 186 g/mol. The number of alkyl carbamates (subject to hydrolysis) is 1.